The molecular weight excluding hydrogens is 248 g/mol. The zero-order valence-electron chi connectivity index (χ0n) is 11.5. The van der Waals surface area contributed by atoms with Crippen molar-refractivity contribution in [3.05, 3.63) is 15.8 Å². The third-order valence-corrected chi connectivity index (χ3v) is 3.80. The van der Waals surface area contributed by atoms with Crippen molar-refractivity contribution in [2.24, 2.45) is 13.0 Å². The lowest BCUT2D eigenvalue weighted by molar-refractivity contribution is -0.384. The molecule has 0 aromatic carbocycles. The summed E-state index contributed by atoms with van der Waals surface area (Å²) in [5.74, 6) is 0.738. The van der Waals surface area contributed by atoms with Crippen molar-refractivity contribution in [2.75, 3.05) is 18.0 Å². The van der Waals surface area contributed by atoms with Crippen LogP contribution >= 0.6 is 0 Å². The van der Waals surface area contributed by atoms with E-state index in [0.717, 1.165) is 6.42 Å². The highest BCUT2D eigenvalue weighted by molar-refractivity contribution is 5.62. The van der Waals surface area contributed by atoms with Gasteiger partial charge in [0.25, 0.3) is 0 Å². The summed E-state index contributed by atoms with van der Waals surface area (Å²) in [6.07, 6.45) is 0.898. The molecule has 1 aliphatic rings. The van der Waals surface area contributed by atoms with E-state index in [1.54, 1.807) is 11.7 Å². The zero-order valence-corrected chi connectivity index (χ0v) is 11.5. The van der Waals surface area contributed by atoms with Crippen molar-refractivity contribution in [2.45, 2.75) is 32.8 Å². The predicted octanol–water partition coefficient (Wildman–Crippen LogP) is 1.10. The lowest BCUT2D eigenvalue weighted by Crippen LogP contribution is -2.43. The summed E-state index contributed by atoms with van der Waals surface area (Å²) >= 11 is 0. The van der Waals surface area contributed by atoms with Gasteiger partial charge in [-0.2, -0.15) is 5.10 Å². The molecule has 2 unspecified atom stereocenters. The molecule has 1 fully saturated rings. The van der Waals surface area contributed by atoms with Gasteiger partial charge in [-0.25, -0.2) is 4.68 Å². The van der Waals surface area contributed by atoms with Crippen LogP contribution in [-0.4, -0.2) is 39.0 Å². The first-order valence-electron chi connectivity index (χ1n) is 6.59. The third-order valence-electron chi connectivity index (χ3n) is 3.80. The van der Waals surface area contributed by atoms with Gasteiger partial charge in [-0.3, -0.25) is 10.1 Å². The van der Waals surface area contributed by atoms with Crippen molar-refractivity contribution in [3.63, 3.8) is 0 Å². The number of anilines is 1. The molecule has 0 radical (unpaired) electrons. The molecule has 1 aliphatic heterocycles. The van der Waals surface area contributed by atoms with E-state index in [4.69, 9.17) is 0 Å². The van der Waals surface area contributed by atoms with Gasteiger partial charge in [-0.05, 0) is 18.8 Å². The van der Waals surface area contributed by atoms with Crippen molar-refractivity contribution < 1.29 is 10.0 Å². The Labute approximate surface area is 112 Å². The smallest absolute Gasteiger partial charge is 0.334 e. The van der Waals surface area contributed by atoms with Crippen LogP contribution in [0.1, 0.15) is 26.0 Å². The van der Waals surface area contributed by atoms with Gasteiger partial charge in [0.1, 0.15) is 5.69 Å². The van der Waals surface area contributed by atoms with Gasteiger partial charge in [-0.15, -0.1) is 0 Å². The molecule has 106 valence electrons. The van der Waals surface area contributed by atoms with E-state index >= 15 is 0 Å². The molecule has 2 atom stereocenters. The average molecular weight is 268 g/mol. The molecular formula is C12H20N4O3. The first kappa shape index (κ1) is 13.8. The van der Waals surface area contributed by atoms with Crippen LogP contribution < -0.4 is 4.90 Å². The Kier molecular flexibility index (Phi) is 3.75. The molecule has 0 spiro atoms. The molecule has 1 N–H and O–H groups in total. The number of nitro groups is 1. The van der Waals surface area contributed by atoms with Gasteiger partial charge in [0.15, 0.2) is 0 Å². The quantitative estimate of drug-likeness (QED) is 0.655. The lowest BCUT2D eigenvalue weighted by Gasteiger charge is -2.34. The molecule has 1 saturated heterocycles. The Hall–Kier alpha value is -1.63. The van der Waals surface area contributed by atoms with Crippen molar-refractivity contribution in [1.29, 1.82) is 0 Å². The van der Waals surface area contributed by atoms with E-state index in [2.05, 4.69) is 5.10 Å². The van der Waals surface area contributed by atoms with E-state index in [1.165, 1.54) is 0 Å². The van der Waals surface area contributed by atoms with Crippen LogP contribution in [-0.2, 0) is 13.5 Å². The minimum atomic E-state index is -0.451. The molecule has 7 nitrogen and oxygen atoms in total. The molecule has 0 aliphatic carbocycles. The number of aliphatic hydroxyl groups excluding tert-OH is 1. The molecule has 1 aromatic heterocycles. The Morgan fingerprint density at radius 3 is 2.79 bits per heavy atom. The van der Waals surface area contributed by atoms with Crippen LogP contribution in [0, 0.1) is 16.0 Å². The number of hydrogen-bond acceptors (Lipinski definition) is 5. The molecule has 0 saturated carbocycles. The Bertz CT molecular complexity index is 486. The molecule has 19 heavy (non-hydrogen) atoms. The van der Waals surface area contributed by atoms with Gasteiger partial charge >= 0.3 is 5.69 Å². The summed E-state index contributed by atoms with van der Waals surface area (Å²) in [5, 5.41) is 25.4. The van der Waals surface area contributed by atoms with E-state index in [-0.39, 0.29) is 16.5 Å². The highest BCUT2D eigenvalue weighted by Gasteiger charge is 2.33. The number of nitrogens with zero attached hydrogens (tertiary/aromatic N) is 4. The van der Waals surface area contributed by atoms with Crippen LogP contribution in [0.5, 0.6) is 0 Å². The summed E-state index contributed by atoms with van der Waals surface area (Å²) < 4.78 is 1.56. The monoisotopic (exact) mass is 268 g/mol. The van der Waals surface area contributed by atoms with Crippen LogP contribution in [0.15, 0.2) is 0 Å². The fourth-order valence-electron chi connectivity index (χ4n) is 2.58. The SMILES string of the molecule is CCc1nn(C)c(N2CCC(C)C(O)C2)c1[N+](=O)[O-]. The first-order chi connectivity index (χ1) is 8.95. The first-order valence-corrected chi connectivity index (χ1v) is 6.59. The number of β-amino-alcohol motifs (C(OH)–C–C–N with tert-alkyl or cyclic N) is 1. The molecule has 0 amide bonds. The van der Waals surface area contributed by atoms with Gasteiger partial charge in [-0.1, -0.05) is 13.8 Å². The number of piperidine rings is 1. The van der Waals surface area contributed by atoms with Crippen molar-refractivity contribution in [3.8, 4) is 0 Å². The molecule has 1 aromatic rings. The normalized spacial score (nSPS) is 23.7. The lowest BCUT2D eigenvalue weighted by atomic mass is 9.96. The fraction of sp³-hybridized carbons (Fsp3) is 0.750. The zero-order chi connectivity index (χ0) is 14.2. The van der Waals surface area contributed by atoms with Crippen LogP contribution in [0.4, 0.5) is 11.5 Å². The largest absolute Gasteiger partial charge is 0.391 e. The summed E-state index contributed by atoms with van der Waals surface area (Å²) in [6.45, 7) is 4.98. The summed E-state index contributed by atoms with van der Waals surface area (Å²) in [5.41, 5.74) is 0.572. The maximum Gasteiger partial charge on any atom is 0.334 e. The second-order valence-electron chi connectivity index (χ2n) is 5.13. The van der Waals surface area contributed by atoms with Gasteiger partial charge < -0.3 is 10.0 Å². The van der Waals surface area contributed by atoms with E-state index in [1.807, 2.05) is 18.7 Å². The number of aliphatic hydroxyl groups is 1. The minimum Gasteiger partial charge on any atom is -0.391 e. The molecule has 0 bridgehead atoms. The van der Waals surface area contributed by atoms with Gasteiger partial charge in [0.2, 0.25) is 5.82 Å². The van der Waals surface area contributed by atoms with Crippen LogP contribution in [0.25, 0.3) is 0 Å². The van der Waals surface area contributed by atoms with Crippen molar-refractivity contribution in [1.82, 2.24) is 9.78 Å². The summed E-state index contributed by atoms with van der Waals surface area (Å²) in [4.78, 5) is 12.8. The molecule has 2 heterocycles. The van der Waals surface area contributed by atoms with E-state index < -0.39 is 6.10 Å². The third kappa shape index (κ3) is 2.42. The summed E-state index contributed by atoms with van der Waals surface area (Å²) in [6, 6.07) is 0. The number of rotatable bonds is 3. The van der Waals surface area contributed by atoms with E-state index in [9.17, 15) is 15.2 Å². The fourth-order valence-corrected chi connectivity index (χ4v) is 2.58. The highest BCUT2D eigenvalue weighted by Crippen LogP contribution is 2.34. The Balaban J connectivity index is 2.39. The second kappa shape index (κ2) is 5.16. The average Bonchev–Trinajstić information content (AvgIpc) is 2.70. The van der Waals surface area contributed by atoms with Crippen molar-refractivity contribution >= 4 is 11.5 Å². The van der Waals surface area contributed by atoms with Gasteiger partial charge in [0, 0.05) is 20.1 Å². The van der Waals surface area contributed by atoms with Gasteiger partial charge in [0.05, 0.1) is 11.0 Å². The molecule has 2 rings (SSSR count). The predicted molar refractivity (Wildman–Crippen MR) is 71.2 cm³/mol. The summed E-state index contributed by atoms with van der Waals surface area (Å²) in [7, 11) is 1.71. The number of hydrogen-bond donors (Lipinski definition) is 1. The highest BCUT2D eigenvalue weighted by atomic mass is 16.6. The Morgan fingerprint density at radius 1 is 1.58 bits per heavy atom. The maximum atomic E-state index is 11.3. The molecule has 7 heteroatoms. The standard InChI is InChI=1S/C12H20N4O3/c1-4-9-11(16(18)19)12(14(3)13-9)15-6-5-8(2)10(17)7-15/h8,10,17H,4-7H2,1-3H3. The maximum absolute atomic E-state index is 11.3. The topological polar surface area (TPSA) is 84.4 Å². The Morgan fingerprint density at radius 2 is 2.26 bits per heavy atom. The van der Waals surface area contributed by atoms with Crippen LogP contribution in [0.2, 0.25) is 0 Å². The number of aromatic nitrogens is 2. The minimum absolute atomic E-state index is 0.0757. The van der Waals surface area contributed by atoms with Crippen LogP contribution in [0.3, 0.4) is 0 Å². The number of aryl methyl sites for hydroxylation is 2. The van der Waals surface area contributed by atoms with E-state index in [0.29, 0.717) is 31.0 Å². The second-order valence-corrected chi connectivity index (χ2v) is 5.13.